The van der Waals surface area contributed by atoms with Crippen molar-refractivity contribution in [3.8, 4) is 0 Å². The Morgan fingerprint density at radius 1 is 1.27 bits per heavy atom. The molecule has 2 unspecified atom stereocenters. The monoisotopic (exact) mass is 361 g/mol. The zero-order chi connectivity index (χ0) is 15.6. The third kappa shape index (κ3) is 2.48. The fourth-order valence-electron chi connectivity index (χ4n) is 3.47. The van der Waals surface area contributed by atoms with Crippen LogP contribution in [-0.4, -0.2) is 40.7 Å². The van der Waals surface area contributed by atoms with Gasteiger partial charge >= 0.3 is 0 Å². The van der Waals surface area contributed by atoms with Gasteiger partial charge in [0.05, 0.1) is 11.8 Å². The first-order valence-corrected chi connectivity index (χ1v) is 8.29. The minimum absolute atomic E-state index is 0.505. The summed E-state index contributed by atoms with van der Waals surface area (Å²) < 4.78 is 1.02. The second-order valence-corrected chi connectivity index (χ2v) is 6.48. The Kier molecular flexibility index (Phi) is 4.59. The summed E-state index contributed by atoms with van der Waals surface area (Å²) in [7, 11) is 0. The number of likely N-dealkylation sites (tertiary alicyclic amines) is 1. The predicted molar refractivity (Wildman–Crippen MR) is 90.4 cm³/mol. The summed E-state index contributed by atoms with van der Waals surface area (Å²) in [6.45, 7) is 2.09. The van der Waals surface area contributed by atoms with Crippen molar-refractivity contribution in [1.82, 2.24) is 9.88 Å². The maximum Gasteiger partial charge on any atom is 0.115 e. The second kappa shape index (κ2) is 6.46. The van der Waals surface area contributed by atoms with E-state index in [2.05, 4.69) is 37.9 Å². The summed E-state index contributed by atoms with van der Waals surface area (Å²) in [5, 5.41) is 10.9. The lowest BCUT2D eigenvalue weighted by molar-refractivity contribution is 0.0533. The molecule has 2 aromatic rings. The minimum atomic E-state index is -0.624. The van der Waals surface area contributed by atoms with Gasteiger partial charge in [-0.1, -0.05) is 34.1 Å². The van der Waals surface area contributed by atoms with Crippen molar-refractivity contribution < 1.29 is 5.11 Å². The maximum absolute atomic E-state index is 10.9. The molecule has 2 atom stereocenters. The number of rotatable bonds is 4. The van der Waals surface area contributed by atoms with Crippen molar-refractivity contribution in [3.63, 3.8) is 0 Å². The Morgan fingerprint density at radius 2 is 2.05 bits per heavy atom. The number of halogens is 1. The summed E-state index contributed by atoms with van der Waals surface area (Å²) in [4.78, 5) is 6.81. The summed E-state index contributed by atoms with van der Waals surface area (Å²) in [5.74, 6) is 0. The summed E-state index contributed by atoms with van der Waals surface area (Å²) in [5.41, 5.74) is 7.10. The first-order chi connectivity index (χ1) is 10.7. The van der Waals surface area contributed by atoms with E-state index in [1.54, 1.807) is 6.20 Å². The molecule has 0 spiro atoms. The molecule has 0 radical (unpaired) electrons. The molecule has 3 N–H and O–H groups in total. The number of pyridine rings is 1. The van der Waals surface area contributed by atoms with Gasteiger partial charge < -0.3 is 10.8 Å². The van der Waals surface area contributed by atoms with Gasteiger partial charge in [-0.15, -0.1) is 0 Å². The largest absolute Gasteiger partial charge is 0.390 e. The van der Waals surface area contributed by atoms with Gasteiger partial charge in [0, 0.05) is 30.3 Å². The topological polar surface area (TPSA) is 62.4 Å². The van der Waals surface area contributed by atoms with Crippen LogP contribution in [0.15, 0.2) is 53.1 Å². The Morgan fingerprint density at radius 3 is 2.68 bits per heavy atom. The van der Waals surface area contributed by atoms with Crippen LogP contribution in [0.25, 0.3) is 0 Å². The number of nitrogens with two attached hydrogens (primary N) is 1. The number of aromatic nitrogens is 1. The molecule has 1 saturated heterocycles. The highest BCUT2D eigenvalue weighted by molar-refractivity contribution is 9.10. The van der Waals surface area contributed by atoms with Crippen molar-refractivity contribution in [2.45, 2.75) is 18.1 Å². The Balaban J connectivity index is 2.19. The first kappa shape index (κ1) is 15.6. The van der Waals surface area contributed by atoms with Crippen LogP contribution in [0.5, 0.6) is 0 Å². The fraction of sp³-hybridized carbons (Fsp3) is 0.353. The van der Waals surface area contributed by atoms with E-state index in [1.807, 2.05) is 30.3 Å². The molecule has 1 aliphatic heterocycles. The van der Waals surface area contributed by atoms with Gasteiger partial charge in [-0.25, -0.2) is 0 Å². The van der Waals surface area contributed by atoms with Crippen LogP contribution in [0, 0.1) is 0 Å². The van der Waals surface area contributed by atoms with Crippen LogP contribution in [0.4, 0.5) is 0 Å². The lowest BCUT2D eigenvalue weighted by Crippen LogP contribution is -2.50. The Labute approximate surface area is 139 Å². The molecule has 0 saturated carbocycles. The lowest BCUT2D eigenvalue weighted by Gasteiger charge is -2.40. The van der Waals surface area contributed by atoms with Crippen LogP contribution in [0.3, 0.4) is 0 Å². The molecule has 22 heavy (non-hydrogen) atoms. The van der Waals surface area contributed by atoms with Gasteiger partial charge in [-0.2, -0.15) is 0 Å². The molecular formula is C17H20BrN3O. The molecule has 2 heterocycles. The van der Waals surface area contributed by atoms with Crippen LogP contribution in [0.2, 0.25) is 0 Å². The number of hydrogen-bond acceptors (Lipinski definition) is 4. The van der Waals surface area contributed by atoms with Gasteiger partial charge in [0.15, 0.2) is 0 Å². The number of nitrogens with zero attached hydrogens (tertiary/aromatic N) is 2. The Bertz CT molecular complexity index is 618. The molecule has 5 heteroatoms. The average Bonchev–Trinajstić information content (AvgIpc) is 2.87. The highest BCUT2D eigenvalue weighted by atomic mass is 79.9. The van der Waals surface area contributed by atoms with E-state index in [9.17, 15) is 5.11 Å². The number of hydrogen-bond donors (Lipinski definition) is 2. The van der Waals surface area contributed by atoms with E-state index >= 15 is 0 Å². The molecule has 1 aromatic heterocycles. The normalized spacial score (nSPS) is 25.5. The average molecular weight is 362 g/mol. The molecule has 1 aliphatic rings. The van der Waals surface area contributed by atoms with Gasteiger partial charge in [-0.3, -0.25) is 9.88 Å². The predicted octanol–water partition coefficient (Wildman–Crippen LogP) is 2.11. The summed E-state index contributed by atoms with van der Waals surface area (Å²) in [6.07, 6.45) is 1.99. The van der Waals surface area contributed by atoms with Crippen LogP contribution >= 0.6 is 15.9 Å². The number of benzene rings is 1. The zero-order valence-corrected chi connectivity index (χ0v) is 13.9. The van der Waals surface area contributed by atoms with Crippen LogP contribution < -0.4 is 5.73 Å². The van der Waals surface area contributed by atoms with Crippen molar-refractivity contribution >= 4 is 15.9 Å². The minimum Gasteiger partial charge on any atom is -0.390 e. The molecule has 0 bridgehead atoms. The lowest BCUT2D eigenvalue weighted by atomic mass is 9.81. The summed E-state index contributed by atoms with van der Waals surface area (Å²) >= 11 is 3.48. The van der Waals surface area contributed by atoms with Gasteiger partial charge in [0.25, 0.3) is 0 Å². The van der Waals surface area contributed by atoms with E-state index in [0.29, 0.717) is 13.0 Å². The zero-order valence-electron chi connectivity index (χ0n) is 12.3. The quantitative estimate of drug-likeness (QED) is 0.875. The van der Waals surface area contributed by atoms with E-state index < -0.39 is 11.6 Å². The molecule has 116 valence electrons. The number of aliphatic hydroxyl groups is 1. The number of aliphatic hydroxyl groups excluding tert-OH is 1. The molecule has 0 aliphatic carbocycles. The molecule has 1 aromatic carbocycles. The summed E-state index contributed by atoms with van der Waals surface area (Å²) in [6, 6.07) is 14.0. The van der Waals surface area contributed by atoms with Gasteiger partial charge in [0.2, 0.25) is 0 Å². The molecular weight excluding hydrogens is 342 g/mol. The highest BCUT2D eigenvalue weighted by Gasteiger charge is 2.51. The molecule has 0 amide bonds. The molecule has 3 rings (SSSR count). The van der Waals surface area contributed by atoms with Crippen molar-refractivity contribution in [2.75, 3.05) is 19.6 Å². The third-order valence-electron chi connectivity index (χ3n) is 4.39. The second-order valence-electron chi connectivity index (χ2n) is 5.57. The van der Waals surface area contributed by atoms with Crippen molar-refractivity contribution in [2.24, 2.45) is 5.73 Å². The fourth-order valence-corrected chi connectivity index (χ4v) is 3.73. The smallest absolute Gasteiger partial charge is 0.115 e. The van der Waals surface area contributed by atoms with Crippen molar-refractivity contribution in [3.05, 3.63) is 64.4 Å². The van der Waals surface area contributed by atoms with Crippen LogP contribution in [0.1, 0.15) is 17.7 Å². The molecule has 4 nitrogen and oxygen atoms in total. The van der Waals surface area contributed by atoms with E-state index in [1.165, 1.54) is 0 Å². The highest BCUT2D eigenvalue weighted by Crippen LogP contribution is 2.43. The first-order valence-electron chi connectivity index (χ1n) is 7.50. The van der Waals surface area contributed by atoms with E-state index in [0.717, 1.165) is 28.8 Å². The SMILES string of the molecule is NCCN1CCC(O)C1(c1ccc(Br)cc1)c1ccccn1. The third-order valence-corrected chi connectivity index (χ3v) is 4.92. The molecule has 1 fully saturated rings. The van der Waals surface area contributed by atoms with Gasteiger partial charge in [-0.05, 0) is 36.2 Å². The van der Waals surface area contributed by atoms with Crippen LogP contribution in [-0.2, 0) is 5.54 Å². The Hall–Kier alpha value is -1.27. The van der Waals surface area contributed by atoms with Gasteiger partial charge in [0.1, 0.15) is 5.54 Å². The maximum atomic E-state index is 10.9. The van der Waals surface area contributed by atoms with E-state index in [4.69, 9.17) is 5.73 Å². The van der Waals surface area contributed by atoms with Crippen molar-refractivity contribution in [1.29, 1.82) is 0 Å². The van der Waals surface area contributed by atoms with E-state index in [-0.39, 0.29) is 0 Å². The standard InChI is InChI=1S/C17H20BrN3O/c18-14-6-4-13(5-7-14)17(15-3-1-2-10-20-15)16(22)8-11-21(17)12-9-19/h1-7,10,16,22H,8-9,11-12,19H2.